The zero-order valence-corrected chi connectivity index (χ0v) is 61.7. The first-order chi connectivity index (χ1) is 57.2. The molecule has 23 rings (SSSR count). The quantitative estimate of drug-likeness (QED) is 0.154. The molecule has 0 bridgehead atoms. The van der Waals surface area contributed by atoms with E-state index in [9.17, 15) is 8.22 Å². The van der Waals surface area contributed by atoms with E-state index < -0.39 is 48.4 Å². The zero-order chi connectivity index (χ0) is 80.2. The van der Waals surface area contributed by atoms with Gasteiger partial charge in [-0.15, -0.1) is 0 Å². The minimum absolute atomic E-state index is 0.0120. The van der Waals surface area contributed by atoms with Crippen molar-refractivity contribution in [1.82, 2.24) is 4.57 Å². The van der Waals surface area contributed by atoms with Crippen LogP contribution in [0.3, 0.4) is 0 Å². The second-order valence-electron chi connectivity index (χ2n) is 32.5. The average molecular weight is 1410 g/mol. The molecule has 0 atom stereocenters. The fraction of sp³-hybridized carbons (Fsp3) is 0.0874. The molecule has 7 heteroatoms. The molecule has 2 aliphatic carbocycles. The summed E-state index contributed by atoms with van der Waals surface area (Å²) >= 11 is 0. The molecule has 1 spiro atoms. The van der Waals surface area contributed by atoms with Crippen molar-refractivity contribution in [1.29, 1.82) is 0 Å². The Morgan fingerprint density at radius 2 is 0.736 bits per heavy atom. The first-order valence-electron chi connectivity index (χ1n) is 42.3. The minimum atomic E-state index is -0.597. The van der Waals surface area contributed by atoms with Crippen LogP contribution in [-0.4, -0.2) is 18.0 Å². The van der Waals surface area contributed by atoms with Crippen molar-refractivity contribution in [2.24, 2.45) is 0 Å². The Kier molecular flexibility index (Phi) is 11.6. The molecule has 518 valence electrons. The fourth-order valence-corrected chi connectivity index (χ4v) is 20.0. The maximum atomic E-state index is 9.98. The molecule has 5 heterocycles. The Hall–Kier alpha value is -13.1. The Balaban J connectivity index is 0.851. The van der Waals surface area contributed by atoms with Gasteiger partial charge in [-0.05, 0) is 219 Å². The molecule has 0 saturated carbocycles. The summed E-state index contributed by atoms with van der Waals surface area (Å²) in [7, 11) is 0. The van der Waals surface area contributed by atoms with Gasteiger partial charge in [-0.25, -0.2) is 0 Å². The van der Waals surface area contributed by atoms with Gasteiger partial charge in [-0.3, -0.25) is 0 Å². The Morgan fingerprint density at radius 1 is 0.300 bits per heavy atom. The van der Waals surface area contributed by atoms with Crippen LogP contribution < -0.4 is 52.4 Å². The molecule has 5 nitrogen and oxygen atoms in total. The highest BCUT2D eigenvalue weighted by molar-refractivity contribution is 7.03. The Labute approximate surface area is 654 Å². The summed E-state index contributed by atoms with van der Waals surface area (Å²) in [4.78, 5) is 9.80. The first kappa shape index (κ1) is 55.3. The van der Waals surface area contributed by atoms with Crippen LogP contribution in [-0.2, 0) is 16.2 Å². The molecule has 0 saturated heterocycles. The van der Waals surface area contributed by atoms with E-state index in [2.05, 4.69) is 340 Å². The monoisotopic (exact) mass is 1410 g/mol. The summed E-state index contributed by atoms with van der Waals surface area (Å²) in [5, 5.41) is 2.22. The number of para-hydroxylation sites is 7. The van der Waals surface area contributed by atoms with Crippen LogP contribution in [0.1, 0.15) is 85.9 Å². The van der Waals surface area contributed by atoms with Gasteiger partial charge >= 0.3 is 0 Å². The van der Waals surface area contributed by atoms with Crippen LogP contribution in [0.2, 0.25) is 0 Å². The summed E-state index contributed by atoms with van der Waals surface area (Å²) in [5.41, 5.74) is 32.0. The molecule has 0 amide bonds. The smallest absolute Gasteiger partial charge is 0.252 e. The van der Waals surface area contributed by atoms with Crippen molar-refractivity contribution >= 4 is 147 Å². The lowest BCUT2D eigenvalue weighted by Crippen LogP contribution is -2.65. The van der Waals surface area contributed by atoms with Gasteiger partial charge in [0.2, 0.25) is 0 Å². The van der Waals surface area contributed by atoms with Crippen molar-refractivity contribution < 1.29 is 11.0 Å². The van der Waals surface area contributed by atoms with E-state index in [1.54, 1.807) is 4.57 Å². The van der Waals surface area contributed by atoms with Crippen molar-refractivity contribution in [3.8, 4) is 39.1 Å². The molecule has 0 N–H and O–H groups in total. The largest absolute Gasteiger partial charge is 0.311 e. The molecule has 1 aromatic heterocycles. The first-order valence-corrected chi connectivity index (χ1v) is 38.3. The third-order valence-corrected chi connectivity index (χ3v) is 24.6. The van der Waals surface area contributed by atoms with Gasteiger partial charge in [0.25, 0.3) is 13.4 Å². The van der Waals surface area contributed by atoms with Crippen molar-refractivity contribution in [2.75, 3.05) is 19.6 Å². The normalized spacial score (nSPS) is 15.3. The average Bonchev–Trinajstić information content (AvgIpc) is 1.25. The molecule has 17 aromatic rings. The fourth-order valence-electron chi connectivity index (χ4n) is 20.0. The van der Waals surface area contributed by atoms with Gasteiger partial charge in [-0.2, -0.15) is 0 Å². The van der Waals surface area contributed by atoms with E-state index in [0.717, 1.165) is 118 Å². The van der Waals surface area contributed by atoms with E-state index in [4.69, 9.17) is 2.74 Å². The topological polar surface area (TPSA) is 17.9 Å². The zero-order valence-electron chi connectivity index (χ0n) is 69.7. The van der Waals surface area contributed by atoms with Gasteiger partial charge in [0.05, 0.1) is 38.8 Å². The lowest BCUT2D eigenvalue weighted by Gasteiger charge is -2.47. The van der Waals surface area contributed by atoms with E-state index in [1.807, 2.05) is 18.2 Å². The summed E-state index contributed by atoms with van der Waals surface area (Å²) < 4.78 is 78.1. The van der Waals surface area contributed by atoms with Crippen molar-refractivity contribution in [2.45, 2.75) is 57.8 Å². The van der Waals surface area contributed by atoms with Gasteiger partial charge in [0, 0.05) is 78.7 Å². The molecule has 16 aromatic carbocycles. The van der Waals surface area contributed by atoms with Crippen molar-refractivity contribution in [3.63, 3.8) is 0 Å². The highest BCUT2D eigenvalue weighted by atomic mass is 15.2. The second-order valence-corrected chi connectivity index (χ2v) is 32.5. The summed E-state index contributed by atoms with van der Waals surface area (Å²) in [5.74, 6) is 0. The summed E-state index contributed by atoms with van der Waals surface area (Å²) in [6.07, 6.45) is 0. The molecular formula is C103H75B2N5. The van der Waals surface area contributed by atoms with E-state index >= 15 is 0 Å². The number of hydrogen-bond acceptors (Lipinski definition) is 4. The van der Waals surface area contributed by atoms with Crippen LogP contribution in [0.15, 0.2) is 346 Å². The van der Waals surface area contributed by atoms with E-state index in [1.165, 1.54) is 61.0 Å². The third kappa shape index (κ3) is 8.66. The highest BCUT2D eigenvalue weighted by Gasteiger charge is 2.54. The van der Waals surface area contributed by atoms with Gasteiger partial charge in [0.1, 0.15) is 0 Å². The molecular weight excluding hydrogens is 1330 g/mol. The lowest BCUT2D eigenvalue weighted by atomic mass is 9.30. The van der Waals surface area contributed by atoms with E-state index in [-0.39, 0.29) is 51.4 Å². The van der Waals surface area contributed by atoms with E-state index in [0.29, 0.717) is 5.69 Å². The molecule has 4 aliphatic heterocycles. The van der Waals surface area contributed by atoms with Gasteiger partial charge in [-0.1, -0.05) is 284 Å². The van der Waals surface area contributed by atoms with Crippen molar-refractivity contribution in [3.05, 3.63) is 379 Å². The molecule has 0 unspecified atom stereocenters. The number of anilines is 12. The van der Waals surface area contributed by atoms with Gasteiger partial charge in [0.15, 0.2) is 0 Å². The molecule has 110 heavy (non-hydrogen) atoms. The maximum absolute atomic E-state index is 9.98. The maximum Gasteiger partial charge on any atom is 0.252 e. The third-order valence-electron chi connectivity index (χ3n) is 24.6. The Morgan fingerprint density at radius 3 is 1.29 bits per heavy atom. The minimum Gasteiger partial charge on any atom is -0.311 e. The Bertz CT molecular complexity index is 7140. The van der Waals surface area contributed by atoms with Crippen LogP contribution >= 0.6 is 0 Å². The number of nitrogens with zero attached hydrogens (tertiary/aromatic N) is 5. The number of fused-ring (bicyclic) bond motifs is 23. The number of rotatable bonds is 6. The van der Waals surface area contributed by atoms with Crippen LogP contribution in [0.5, 0.6) is 0 Å². The molecule has 6 aliphatic rings. The summed E-state index contributed by atoms with van der Waals surface area (Å²) in [6, 6.07) is 106. The SMILES string of the molecule is [2H]c1c([2H])c([2H])c2c(c1[2H])c1c([2H])c([2H])c([2H])c([2H])c1n2-c1cc2c3c(c1)N(c1cc(C(C)(C)C)cc(C(C)(C)C)c1)c1cc4c(cc1B3c1ccccc1N2c1ccccc1)B1c2ccccc2N(c2ccccc2)c2c1c(cc1cc(-c3cccc5c3C3(c6ccccc6-c6ccccc63)c3ccccc3-5)ccc21)N4c1ccccc1. The molecule has 0 fully saturated rings. The molecule has 0 radical (unpaired) electrons. The number of aromatic nitrogens is 1. The summed E-state index contributed by atoms with van der Waals surface area (Å²) in [6.45, 7) is 12.8. The predicted molar refractivity (Wildman–Crippen MR) is 465 cm³/mol. The lowest BCUT2D eigenvalue weighted by molar-refractivity contribution is 0.569. The van der Waals surface area contributed by atoms with Crippen LogP contribution in [0.25, 0.3) is 71.6 Å². The number of hydrogen-bond donors (Lipinski definition) is 0. The predicted octanol–water partition coefficient (Wildman–Crippen LogP) is 22.7. The highest BCUT2D eigenvalue weighted by Crippen LogP contribution is 2.65. The van der Waals surface area contributed by atoms with Crippen LogP contribution in [0.4, 0.5) is 68.2 Å². The standard InChI is InChI=1S/C103H75B2N5/c1-101(2,3)66-57-67(102(4,5)6)59-71(58-66)109-93-63-92-87(62-86(93)104-84-47-24-28-51-90(84)106(68-31-10-7-11-32-68)95-60-72(61-96(109)98(95)104)108-88-49-26-19-40-78(88)79-41-20-27-50-89(79)108)105-85-48-25-29-52-91(85)110(70-35-14-9-15-36-70)100-74-54-53-64(55-65(74)56-94(99(100)105)107(92)69-33-12-8-13-34-69)73-42-30-43-80-77-39-18-23-46-83(77)103(97(73)80)81-44-21-16-37-75(81)76-38-17-22-45-82(76)103/h7-63H,1-6H3/i19D,20D,26D,27D,40D,41D,49D,50D. The van der Waals surface area contributed by atoms with Crippen LogP contribution in [0, 0.1) is 0 Å². The second kappa shape index (κ2) is 23.0. The number of benzene rings is 16. The van der Waals surface area contributed by atoms with Gasteiger partial charge < -0.3 is 24.2 Å².